The smallest absolute Gasteiger partial charge is 0.258 e. The summed E-state index contributed by atoms with van der Waals surface area (Å²) in [7, 11) is 0. The lowest BCUT2D eigenvalue weighted by Gasteiger charge is -2.35. The van der Waals surface area contributed by atoms with E-state index >= 15 is 0 Å². The molecule has 3 N–H and O–H groups in total. The molecule has 2 aromatic carbocycles. The van der Waals surface area contributed by atoms with E-state index in [0.717, 1.165) is 5.69 Å². The summed E-state index contributed by atoms with van der Waals surface area (Å²) in [4.78, 5) is 14.3. The second-order valence-corrected chi connectivity index (χ2v) is 5.56. The van der Waals surface area contributed by atoms with Gasteiger partial charge in [0.25, 0.3) is 5.91 Å². The Morgan fingerprint density at radius 1 is 1.04 bits per heavy atom. The van der Waals surface area contributed by atoms with Crippen LogP contribution >= 0.6 is 0 Å². The van der Waals surface area contributed by atoms with Gasteiger partial charge in [-0.3, -0.25) is 4.79 Å². The summed E-state index contributed by atoms with van der Waals surface area (Å²) in [5.74, 6) is -0.788. The van der Waals surface area contributed by atoms with Crippen molar-refractivity contribution in [1.82, 2.24) is 0 Å². The fourth-order valence-corrected chi connectivity index (χ4v) is 2.97. The molecule has 1 aliphatic rings. The monoisotopic (exact) mass is 312 g/mol. The van der Waals surface area contributed by atoms with Crippen LogP contribution in [0.2, 0.25) is 0 Å². The number of benzene rings is 2. The van der Waals surface area contributed by atoms with Gasteiger partial charge in [-0.25, -0.2) is 0 Å². The number of hydrogen-bond acceptors (Lipinski definition) is 4. The van der Waals surface area contributed by atoms with Crippen molar-refractivity contribution in [3.63, 3.8) is 0 Å². The largest absolute Gasteiger partial charge is 0.378 e. The van der Waals surface area contributed by atoms with E-state index in [2.05, 4.69) is 4.90 Å². The van der Waals surface area contributed by atoms with Gasteiger partial charge in [0.2, 0.25) is 0 Å². The van der Waals surface area contributed by atoms with Gasteiger partial charge in [0.15, 0.2) is 5.60 Å². The van der Waals surface area contributed by atoms with Crippen LogP contribution in [-0.2, 0) is 15.1 Å². The number of nitrogens with two attached hydrogens (primary N) is 1. The molecule has 1 heterocycles. The molecule has 1 unspecified atom stereocenters. The molecule has 0 bridgehead atoms. The Morgan fingerprint density at radius 3 is 2.30 bits per heavy atom. The van der Waals surface area contributed by atoms with Crippen LogP contribution in [0.15, 0.2) is 54.6 Å². The maximum absolute atomic E-state index is 12.2. The summed E-state index contributed by atoms with van der Waals surface area (Å²) in [6, 6.07) is 16.2. The van der Waals surface area contributed by atoms with Gasteiger partial charge in [0, 0.05) is 24.3 Å². The predicted octanol–water partition coefficient (Wildman–Crippen LogP) is 1.24. The van der Waals surface area contributed by atoms with E-state index in [1.54, 1.807) is 36.4 Å². The molecule has 1 aliphatic heterocycles. The SMILES string of the molecule is NC(=O)C(O)(c1ccccc1)c1ccccc1N1CCOCC1. The molecule has 120 valence electrons. The third-order valence-electron chi connectivity index (χ3n) is 4.19. The van der Waals surface area contributed by atoms with Crippen molar-refractivity contribution in [2.24, 2.45) is 5.73 Å². The van der Waals surface area contributed by atoms with E-state index in [-0.39, 0.29) is 0 Å². The van der Waals surface area contributed by atoms with Crippen molar-refractivity contribution in [3.8, 4) is 0 Å². The second kappa shape index (κ2) is 6.40. The van der Waals surface area contributed by atoms with Crippen molar-refractivity contribution in [3.05, 3.63) is 65.7 Å². The zero-order chi connectivity index (χ0) is 16.3. The van der Waals surface area contributed by atoms with Gasteiger partial charge < -0.3 is 20.5 Å². The molecule has 5 heteroatoms. The van der Waals surface area contributed by atoms with Crippen LogP contribution in [-0.4, -0.2) is 37.3 Å². The molecule has 1 fully saturated rings. The molecule has 0 saturated carbocycles. The minimum Gasteiger partial charge on any atom is -0.378 e. The van der Waals surface area contributed by atoms with E-state index in [1.165, 1.54) is 0 Å². The standard InChI is InChI=1S/C18H20N2O3/c19-17(21)18(22,14-6-2-1-3-7-14)15-8-4-5-9-16(15)20-10-12-23-13-11-20/h1-9,22H,10-13H2,(H2,19,21). The summed E-state index contributed by atoms with van der Waals surface area (Å²) < 4.78 is 5.38. The van der Waals surface area contributed by atoms with Crippen molar-refractivity contribution in [1.29, 1.82) is 0 Å². The van der Waals surface area contributed by atoms with Crippen LogP contribution < -0.4 is 10.6 Å². The number of anilines is 1. The van der Waals surface area contributed by atoms with Crippen LogP contribution in [0, 0.1) is 0 Å². The summed E-state index contributed by atoms with van der Waals surface area (Å²) in [6.45, 7) is 2.66. The van der Waals surface area contributed by atoms with Crippen LogP contribution in [0.1, 0.15) is 11.1 Å². The number of nitrogens with zero attached hydrogens (tertiary/aromatic N) is 1. The van der Waals surface area contributed by atoms with Crippen LogP contribution in [0.5, 0.6) is 0 Å². The van der Waals surface area contributed by atoms with E-state index in [0.29, 0.717) is 37.4 Å². The third kappa shape index (κ3) is 2.81. The van der Waals surface area contributed by atoms with Gasteiger partial charge in [-0.1, -0.05) is 48.5 Å². The lowest BCUT2D eigenvalue weighted by Crippen LogP contribution is -2.44. The normalized spacial score (nSPS) is 17.5. The number of amides is 1. The zero-order valence-corrected chi connectivity index (χ0v) is 12.8. The van der Waals surface area contributed by atoms with Crippen LogP contribution in [0.3, 0.4) is 0 Å². The van der Waals surface area contributed by atoms with Gasteiger partial charge in [-0.2, -0.15) is 0 Å². The molecule has 3 rings (SSSR count). The predicted molar refractivity (Wildman–Crippen MR) is 88.1 cm³/mol. The molecule has 1 amide bonds. The number of morpholine rings is 1. The number of carbonyl (C=O) groups excluding carboxylic acids is 1. The minimum absolute atomic E-state index is 0.466. The van der Waals surface area contributed by atoms with Crippen molar-refractivity contribution in [2.45, 2.75) is 5.60 Å². The van der Waals surface area contributed by atoms with E-state index in [4.69, 9.17) is 10.5 Å². The summed E-state index contributed by atoms with van der Waals surface area (Å²) in [5, 5.41) is 11.2. The van der Waals surface area contributed by atoms with Crippen molar-refractivity contribution >= 4 is 11.6 Å². The number of hydrogen-bond donors (Lipinski definition) is 2. The molecule has 1 atom stereocenters. The van der Waals surface area contributed by atoms with Gasteiger partial charge in [-0.15, -0.1) is 0 Å². The second-order valence-electron chi connectivity index (χ2n) is 5.56. The lowest BCUT2D eigenvalue weighted by molar-refractivity contribution is -0.133. The third-order valence-corrected chi connectivity index (χ3v) is 4.19. The van der Waals surface area contributed by atoms with Gasteiger partial charge in [0.05, 0.1) is 13.2 Å². The first-order valence-electron chi connectivity index (χ1n) is 7.64. The van der Waals surface area contributed by atoms with Crippen LogP contribution in [0.25, 0.3) is 0 Å². The summed E-state index contributed by atoms with van der Waals surface area (Å²) in [5.41, 5.74) is 5.51. The molecule has 0 aliphatic carbocycles. The van der Waals surface area contributed by atoms with Gasteiger partial charge in [0.1, 0.15) is 0 Å². The highest BCUT2D eigenvalue weighted by molar-refractivity contribution is 5.90. The molecule has 2 aromatic rings. The molecular weight excluding hydrogens is 292 g/mol. The highest BCUT2D eigenvalue weighted by atomic mass is 16.5. The highest BCUT2D eigenvalue weighted by Crippen LogP contribution is 2.36. The summed E-state index contributed by atoms with van der Waals surface area (Å²) >= 11 is 0. The minimum atomic E-state index is -1.86. The Kier molecular flexibility index (Phi) is 4.32. The molecule has 0 radical (unpaired) electrons. The molecule has 0 spiro atoms. The number of ether oxygens (including phenoxy) is 1. The Morgan fingerprint density at radius 2 is 1.65 bits per heavy atom. The first kappa shape index (κ1) is 15.5. The fraction of sp³-hybridized carbons (Fsp3) is 0.278. The number of para-hydroxylation sites is 1. The average Bonchev–Trinajstić information content (AvgIpc) is 2.62. The molecule has 0 aromatic heterocycles. The summed E-state index contributed by atoms with van der Waals surface area (Å²) in [6.07, 6.45) is 0. The molecule has 5 nitrogen and oxygen atoms in total. The number of carbonyl (C=O) groups is 1. The van der Waals surface area contributed by atoms with Gasteiger partial charge in [-0.05, 0) is 11.6 Å². The number of aliphatic hydroxyl groups is 1. The fourth-order valence-electron chi connectivity index (χ4n) is 2.97. The Bertz CT molecular complexity index is 684. The van der Waals surface area contributed by atoms with E-state index in [1.807, 2.05) is 18.2 Å². The maximum atomic E-state index is 12.2. The first-order valence-corrected chi connectivity index (χ1v) is 7.64. The Balaban J connectivity index is 2.13. The maximum Gasteiger partial charge on any atom is 0.258 e. The van der Waals surface area contributed by atoms with Crippen molar-refractivity contribution < 1.29 is 14.6 Å². The van der Waals surface area contributed by atoms with Gasteiger partial charge >= 0.3 is 0 Å². The lowest BCUT2D eigenvalue weighted by atomic mass is 9.84. The van der Waals surface area contributed by atoms with E-state index < -0.39 is 11.5 Å². The molecular formula is C18H20N2O3. The zero-order valence-electron chi connectivity index (χ0n) is 12.8. The quantitative estimate of drug-likeness (QED) is 0.891. The topological polar surface area (TPSA) is 75.8 Å². The molecule has 23 heavy (non-hydrogen) atoms. The average molecular weight is 312 g/mol. The molecule has 1 saturated heterocycles. The van der Waals surface area contributed by atoms with Crippen molar-refractivity contribution in [2.75, 3.05) is 31.2 Å². The van der Waals surface area contributed by atoms with Crippen LogP contribution in [0.4, 0.5) is 5.69 Å². The Labute approximate surface area is 135 Å². The van der Waals surface area contributed by atoms with E-state index in [9.17, 15) is 9.90 Å². The number of primary amides is 1. The first-order chi connectivity index (χ1) is 11.1. The highest BCUT2D eigenvalue weighted by Gasteiger charge is 2.40. The Hall–Kier alpha value is -2.37. The number of rotatable bonds is 4.